The first-order chi connectivity index (χ1) is 12.4. The van der Waals surface area contributed by atoms with Crippen molar-refractivity contribution in [1.29, 1.82) is 0 Å². The number of rotatable bonds is 5. The number of alkyl halides is 3. The second kappa shape index (κ2) is 7.25. The monoisotopic (exact) mass is 359 g/mol. The van der Waals surface area contributed by atoms with Crippen molar-refractivity contribution in [2.75, 3.05) is 0 Å². The lowest BCUT2D eigenvalue weighted by molar-refractivity contribution is -0.133. The van der Waals surface area contributed by atoms with Gasteiger partial charge in [0.15, 0.2) is 6.29 Å². The Kier molecular flexibility index (Phi) is 5.04. The lowest BCUT2D eigenvalue weighted by Crippen LogP contribution is -2.28. The fourth-order valence-corrected chi connectivity index (χ4v) is 3.16. The van der Waals surface area contributed by atoms with E-state index < -0.39 is 18.0 Å². The van der Waals surface area contributed by atoms with Crippen LogP contribution >= 0.6 is 0 Å². The summed E-state index contributed by atoms with van der Waals surface area (Å²) in [5, 5.41) is 0. The van der Waals surface area contributed by atoms with Gasteiger partial charge in [-0.05, 0) is 22.3 Å². The largest absolute Gasteiger partial charge is 0.409 e. The van der Waals surface area contributed by atoms with Crippen molar-refractivity contribution in [3.63, 3.8) is 0 Å². The zero-order chi connectivity index (χ0) is 18.7. The van der Waals surface area contributed by atoms with Gasteiger partial charge in [0.25, 0.3) is 0 Å². The number of fused-ring (bicyclic) bond motifs is 1. The smallest absolute Gasteiger partial charge is 0.295 e. The molecule has 134 valence electrons. The van der Waals surface area contributed by atoms with Gasteiger partial charge in [0, 0.05) is 19.2 Å². The number of halogens is 3. The summed E-state index contributed by atoms with van der Waals surface area (Å²) in [4.78, 5) is 25.0. The molecule has 6 heteroatoms. The zero-order valence-corrected chi connectivity index (χ0v) is 13.7. The van der Waals surface area contributed by atoms with E-state index in [2.05, 4.69) is 0 Å². The van der Waals surface area contributed by atoms with Crippen LogP contribution in [-0.4, -0.2) is 23.1 Å². The summed E-state index contributed by atoms with van der Waals surface area (Å²) >= 11 is 0. The molecule has 3 nitrogen and oxygen atoms in total. The van der Waals surface area contributed by atoms with Crippen LogP contribution in [0.4, 0.5) is 13.2 Å². The van der Waals surface area contributed by atoms with Crippen LogP contribution in [0.3, 0.4) is 0 Å². The van der Waals surface area contributed by atoms with Crippen LogP contribution in [0.5, 0.6) is 0 Å². The maximum Gasteiger partial charge on any atom is 0.409 e. The van der Waals surface area contributed by atoms with Crippen LogP contribution in [0.25, 0.3) is 6.08 Å². The third-order valence-electron chi connectivity index (χ3n) is 4.30. The molecule has 0 saturated carbocycles. The third-order valence-corrected chi connectivity index (χ3v) is 4.30. The normalized spacial score (nSPS) is 17.4. The van der Waals surface area contributed by atoms with Gasteiger partial charge in [0.1, 0.15) is 6.04 Å². The van der Waals surface area contributed by atoms with E-state index >= 15 is 0 Å². The van der Waals surface area contributed by atoms with Crippen molar-refractivity contribution in [2.45, 2.75) is 25.3 Å². The minimum Gasteiger partial charge on any atom is -0.295 e. The van der Waals surface area contributed by atoms with Crippen LogP contribution in [0.15, 0.2) is 54.6 Å². The predicted molar refractivity (Wildman–Crippen MR) is 91.0 cm³/mol. The lowest BCUT2D eigenvalue weighted by Gasteiger charge is -2.22. The van der Waals surface area contributed by atoms with Crippen molar-refractivity contribution in [3.8, 4) is 0 Å². The number of carbonyl (C=O) groups is 2. The second-order valence-corrected chi connectivity index (χ2v) is 6.14. The molecular formula is C20H16F3NO2. The van der Waals surface area contributed by atoms with E-state index in [0.717, 1.165) is 22.8 Å². The van der Waals surface area contributed by atoms with Crippen molar-refractivity contribution in [1.82, 2.24) is 4.90 Å². The van der Waals surface area contributed by atoms with E-state index in [4.69, 9.17) is 0 Å². The molecule has 0 fully saturated rings. The Balaban J connectivity index is 1.77. The quantitative estimate of drug-likeness (QED) is 0.596. The summed E-state index contributed by atoms with van der Waals surface area (Å²) in [6, 6.07) is 13.5. The Labute approximate surface area is 148 Å². The Morgan fingerprint density at radius 1 is 1.12 bits per heavy atom. The molecule has 1 aliphatic heterocycles. The molecule has 0 bridgehead atoms. The maximum absolute atomic E-state index is 12.2. The van der Waals surface area contributed by atoms with Crippen LogP contribution in [0, 0.1) is 0 Å². The average molecular weight is 359 g/mol. The molecule has 0 saturated heterocycles. The molecule has 0 aromatic heterocycles. The van der Waals surface area contributed by atoms with Gasteiger partial charge in [0.2, 0.25) is 5.78 Å². The first-order valence-electron chi connectivity index (χ1n) is 8.03. The van der Waals surface area contributed by atoms with Gasteiger partial charge in [-0.2, -0.15) is 13.2 Å². The first kappa shape index (κ1) is 18.1. The topological polar surface area (TPSA) is 37.4 Å². The Bertz CT molecular complexity index is 841. The maximum atomic E-state index is 12.2. The zero-order valence-electron chi connectivity index (χ0n) is 13.7. The molecule has 1 atom stereocenters. The van der Waals surface area contributed by atoms with E-state index in [0.29, 0.717) is 24.9 Å². The van der Waals surface area contributed by atoms with Crippen LogP contribution in [0.2, 0.25) is 0 Å². The summed E-state index contributed by atoms with van der Waals surface area (Å²) in [6.45, 7) is 0.957. The fraction of sp³-hybridized carbons (Fsp3) is 0.200. The predicted octanol–water partition coefficient (Wildman–Crippen LogP) is 4.09. The number of carbonyl (C=O) groups excluding carboxylic acids is 2. The number of benzene rings is 2. The van der Waals surface area contributed by atoms with E-state index in [1.165, 1.54) is 0 Å². The highest BCUT2D eigenvalue weighted by atomic mass is 19.4. The lowest BCUT2D eigenvalue weighted by atomic mass is 10.0. The van der Waals surface area contributed by atoms with Crippen LogP contribution < -0.4 is 0 Å². The molecular weight excluding hydrogens is 343 g/mol. The number of ketones is 1. The average Bonchev–Trinajstić information content (AvgIpc) is 2.97. The van der Waals surface area contributed by atoms with Crippen LogP contribution in [-0.2, 0) is 22.7 Å². The molecule has 0 spiro atoms. The number of hydrogen-bond acceptors (Lipinski definition) is 3. The van der Waals surface area contributed by atoms with Gasteiger partial charge in [-0.25, -0.2) is 0 Å². The van der Waals surface area contributed by atoms with Gasteiger partial charge in [0.05, 0.1) is 0 Å². The van der Waals surface area contributed by atoms with Gasteiger partial charge in [-0.15, -0.1) is 0 Å². The van der Waals surface area contributed by atoms with E-state index in [1.807, 2.05) is 29.2 Å². The van der Waals surface area contributed by atoms with E-state index in [9.17, 15) is 22.8 Å². The molecule has 2 aromatic carbocycles. The first-order valence-corrected chi connectivity index (χ1v) is 8.03. The Morgan fingerprint density at radius 2 is 1.81 bits per heavy atom. The SMILES string of the molecule is O=CC(=O)C1c2ccccc2CN1Cc1ccc(C=CC(F)(F)F)cc1. The molecule has 26 heavy (non-hydrogen) atoms. The molecule has 0 N–H and O–H groups in total. The minimum absolute atomic E-state index is 0.192. The van der Waals surface area contributed by atoms with Crippen LogP contribution in [0.1, 0.15) is 28.3 Å². The summed E-state index contributed by atoms with van der Waals surface area (Å²) in [5.41, 5.74) is 3.12. The molecule has 1 heterocycles. The number of aldehydes is 1. The minimum atomic E-state index is -4.34. The summed E-state index contributed by atoms with van der Waals surface area (Å²) in [6.07, 6.45) is -2.81. The van der Waals surface area contributed by atoms with Gasteiger partial charge >= 0.3 is 6.18 Å². The van der Waals surface area contributed by atoms with E-state index in [1.54, 1.807) is 24.3 Å². The summed E-state index contributed by atoms with van der Waals surface area (Å²) < 4.78 is 36.7. The van der Waals surface area contributed by atoms with Crippen molar-refractivity contribution >= 4 is 18.1 Å². The number of nitrogens with zero attached hydrogens (tertiary/aromatic N) is 1. The Hall–Kier alpha value is -2.73. The molecule has 3 rings (SSSR count). The van der Waals surface area contributed by atoms with Crippen molar-refractivity contribution in [2.24, 2.45) is 0 Å². The van der Waals surface area contributed by atoms with Crippen molar-refractivity contribution < 1.29 is 22.8 Å². The highest BCUT2D eigenvalue weighted by Crippen LogP contribution is 2.35. The highest BCUT2D eigenvalue weighted by Gasteiger charge is 2.34. The molecule has 0 aliphatic carbocycles. The van der Waals surface area contributed by atoms with Crippen molar-refractivity contribution in [3.05, 3.63) is 76.9 Å². The Morgan fingerprint density at radius 3 is 2.46 bits per heavy atom. The van der Waals surface area contributed by atoms with Gasteiger partial charge in [-0.1, -0.05) is 54.6 Å². The molecule has 0 amide bonds. The molecule has 1 unspecified atom stereocenters. The third kappa shape index (κ3) is 4.08. The molecule has 0 radical (unpaired) electrons. The molecule has 2 aromatic rings. The van der Waals surface area contributed by atoms with Gasteiger partial charge in [-0.3, -0.25) is 14.5 Å². The fourth-order valence-electron chi connectivity index (χ4n) is 3.16. The number of hydrogen-bond donors (Lipinski definition) is 0. The highest BCUT2D eigenvalue weighted by molar-refractivity contribution is 6.27. The molecule has 1 aliphatic rings. The summed E-state index contributed by atoms with van der Waals surface area (Å²) in [5.74, 6) is -0.500. The second-order valence-electron chi connectivity index (χ2n) is 6.14. The number of allylic oxidation sites excluding steroid dienone is 1. The number of Topliss-reactive ketones (excluding diaryl/α,β-unsaturated/α-hetero) is 1. The summed E-state index contributed by atoms with van der Waals surface area (Å²) in [7, 11) is 0. The van der Waals surface area contributed by atoms with Gasteiger partial charge < -0.3 is 0 Å². The van der Waals surface area contributed by atoms with E-state index in [-0.39, 0.29) is 6.08 Å². The standard InChI is InChI=1S/C20H16F3NO2/c21-20(22,23)10-9-14-5-7-15(8-6-14)11-24-12-16-3-1-2-4-17(16)19(24)18(26)13-25/h1-10,13,19H,11-12H2.